The fourth-order valence-corrected chi connectivity index (χ4v) is 3.18. The molecule has 2 amide bonds. The smallest absolute Gasteiger partial charge is 0.251 e. The molecule has 1 aliphatic rings. The third kappa shape index (κ3) is 5.58. The van der Waals surface area contributed by atoms with Crippen molar-refractivity contribution in [2.75, 3.05) is 6.61 Å². The number of carbonyl (C=O) groups excluding carboxylic acids is 2. The summed E-state index contributed by atoms with van der Waals surface area (Å²) in [7, 11) is 0. The van der Waals surface area contributed by atoms with Crippen molar-refractivity contribution >= 4 is 11.8 Å². The lowest BCUT2D eigenvalue weighted by molar-refractivity contribution is -0.131. The highest BCUT2D eigenvalue weighted by molar-refractivity contribution is 5.94. The molecule has 1 saturated heterocycles. The Morgan fingerprint density at radius 1 is 1.18 bits per heavy atom. The fraction of sp³-hybridized carbons (Fsp3) is 0.400. The zero-order valence-electron chi connectivity index (χ0n) is 15.5. The summed E-state index contributed by atoms with van der Waals surface area (Å²) < 4.78 is 5.86. The van der Waals surface area contributed by atoms with Crippen LogP contribution in [0.25, 0.3) is 0 Å². The van der Waals surface area contributed by atoms with Crippen LogP contribution in [0.2, 0.25) is 0 Å². The molecule has 8 heteroatoms. The molecule has 2 heterocycles. The van der Waals surface area contributed by atoms with Crippen LogP contribution in [-0.2, 0) is 16.1 Å². The van der Waals surface area contributed by atoms with E-state index in [1.54, 1.807) is 36.5 Å². The lowest BCUT2D eigenvalue weighted by atomic mass is 9.96. The van der Waals surface area contributed by atoms with Crippen LogP contribution in [0.4, 0.5) is 0 Å². The molecule has 8 nitrogen and oxygen atoms in total. The minimum Gasteiger partial charge on any atom is -0.394 e. The van der Waals surface area contributed by atoms with E-state index >= 15 is 0 Å². The summed E-state index contributed by atoms with van der Waals surface area (Å²) in [6.45, 7) is 0.103. The van der Waals surface area contributed by atoms with Gasteiger partial charge >= 0.3 is 0 Å². The first-order chi connectivity index (χ1) is 13.7. The zero-order chi connectivity index (χ0) is 19.8. The number of rotatable bonds is 7. The van der Waals surface area contributed by atoms with Gasteiger partial charge in [0.1, 0.15) is 12.4 Å². The summed E-state index contributed by atoms with van der Waals surface area (Å²) >= 11 is 0. The van der Waals surface area contributed by atoms with Crippen LogP contribution < -0.4 is 10.6 Å². The second kappa shape index (κ2) is 9.91. The molecule has 1 fully saturated rings. The largest absolute Gasteiger partial charge is 0.394 e. The Kier molecular flexibility index (Phi) is 7.05. The summed E-state index contributed by atoms with van der Waals surface area (Å²) in [5.74, 6) is -0.347. The Bertz CT molecular complexity index is 772. The molecule has 1 aromatic heterocycles. The van der Waals surface area contributed by atoms with Crippen molar-refractivity contribution in [3.8, 4) is 0 Å². The van der Waals surface area contributed by atoms with Crippen LogP contribution in [0, 0.1) is 0 Å². The molecule has 0 spiro atoms. The van der Waals surface area contributed by atoms with Crippen LogP contribution in [0.15, 0.2) is 48.9 Å². The number of carbonyl (C=O) groups is 2. The third-order valence-corrected chi connectivity index (χ3v) is 4.67. The summed E-state index contributed by atoms with van der Waals surface area (Å²) in [5.41, 5.74) is 1.29. The molecule has 0 aliphatic carbocycles. The van der Waals surface area contributed by atoms with E-state index in [0.717, 1.165) is 5.69 Å². The van der Waals surface area contributed by atoms with Crippen LogP contribution in [0.3, 0.4) is 0 Å². The third-order valence-electron chi connectivity index (χ3n) is 4.67. The second-order valence-electron chi connectivity index (χ2n) is 6.68. The fourth-order valence-electron chi connectivity index (χ4n) is 3.18. The van der Waals surface area contributed by atoms with Crippen molar-refractivity contribution in [3.05, 3.63) is 60.2 Å². The van der Waals surface area contributed by atoms with Gasteiger partial charge in [-0.3, -0.25) is 9.59 Å². The molecule has 2 aromatic rings. The molecule has 148 valence electrons. The second-order valence-corrected chi connectivity index (χ2v) is 6.68. The molecule has 1 aromatic carbocycles. The first-order valence-corrected chi connectivity index (χ1v) is 9.29. The summed E-state index contributed by atoms with van der Waals surface area (Å²) in [4.78, 5) is 32.4. The normalized spacial score (nSPS) is 21.7. The van der Waals surface area contributed by atoms with E-state index in [1.807, 2.05) is 6.07 Å². The Morgan fingerprint density at radius 2 is 2.00 bits per heavy atom. The quantitative estimate of drug-likeness (QED) is 0.651. The summed E-state index contributed by atoms with van der Waals surface area (Å²) in [5, 5.41) is 15.4. The van der Waals surface area contributed by atoms with Crippen molar-refractivity contribution in [1.82, 2.24) is 20.6 Å². The highest BCUT2D eigenvalue weighted by Crippen LogP contribution is 2.22. The minimum absolute atomic E-state index is 0.146. The lowest BCUT2D eigenvalue weighted by Gasteiger charge is -2.36. The molecule has 3 rings (SSSR count). The van der Waals surface area contributed by atoms with E-state index in [2.05, 4.69) is 20.6 Å². The highest BCUT2D eigenvalue weighted by Gasteiger charge is 2.33. The standard InChI is InChI=1S/C20H24N4O4/c25-12-18-17(24-20(27)14-4-2-1-3-5-14)7-6-16(28-18)10-19(26)22-11-15-8-9-21-13-23-15/h1-5,8-9,13,16-18,25H,6-7,10-12H2,(H,22,26)(H,24,27)/t16-,17+,18+/m0/s1. The number of benzene rings is 1. The van der Waals surface area contributed by atoms with Gasteiger partial charge in [0.05, 0.1) is 37.4 Å². The maximum Gasteiger partial charge on any atom is 0.251 e. The maximum absolute atomic E-state index is 12.3. The van der Waals surface area contributed by atoms with E-state index in [9.17, 15) is 14.7 Å². The highest BCUT2D eigenvalue weighted by atomic mass is 16.5. The van der Waals surface area contributed by atoms with E-state index < -0.39 is 6.10 Å². The molecule has 1 aliphatic heterocycles. The monoisotopic (exact) mass is 384 g/mol. The molecule has 0 bridgehead atoms. The molecule has 28 heavy (non-hydrogen) atoms. The zero-order valence-corrected chi connectivity index (χ0v) is 15.5. The molecular weight excluding hydrogens is 360 g/mol. The number of hydrogen-bond donors (Lipinski definition) is 3. The van der Waals surface area contributed by atoms with Gasteiger partial charge in [0.25, 0.3) is 5.91 Å². The van der Waals surface area contributed by atoms with Crippen LogP contribution in [-0.4, -0.2) is 51.7 Å². The summed E-state index contributed by atoms with van der Waals surface area (Å²) in [6.07, 6.45) is 3.66. The van der Waals surface area contributed by atoms with E-state index in [0.29, 0.717) is 24.9 Å². The molecule has 0 unspecified atom stereocenters. The van der Waals surface area contributed by atoms with Crippen LogP contribution in [0.1, 0.15) is 35.3 Å². The van der Waals surface area contributed by atoms with Gasteiger partial charge in [-0.1, -0.05) is 18.2 Å². The Labute approximate surface area is 163 Å². The lowest BCUT2D eigenvalue weighted by Crippen LogP contribution is -2.51. The van der Waals surface area contributed by atoms with E-state index in [4.69, 9.17) is 4.74 Å². The van der Waals surface area contributed by atoms with Gasteiger partial charge in [-0.25, -0.2) is 9.97 Å². The minimum atomic E-state index is -0.541. The molecule has 3 atom stereocenters. The molecular formula is C20H24N4O4. The van der Waals surface area contributed by atoms with Crippen molar-refractivity contribution in [2.24, 2.45) is 0 Å². The average molecular weight is 384 g/mol. The Morgan fingerprint density at radius 3 is 2.71 bits per heavy atom. The number of nitrogens with zero attached hydrogens (tertiary/aromatic N) is 2. The Balaban J connectivity index is 1.47. The predicted octanol–water partition coefficient (Wildman–Crippen LogP) is 0.821. The number of aromatic nitrogens is 2. The van der Waals surface area contributed by atoms with Gasteiger partial charge in [-0.15, -0.1) is 0 Å². The van der Waals surface area contributed by atoms with Crippen molar-refractivity contribution in [1.29, 1.82) is 0 Å². The molecule has 3 N–H and O–H groups in total. The number of aliphatic hydroxyl groups is 1. The van der Waals surface area contributed by atoms with Gasteiger partial charge in [-0.2, -0.15) is 0 Å². The molecule has 0 radical (unpaired) electrons. The van der Waals surface area contributed by atoms with Gasteiger partial charge in [-0.05, 0) is 31.0 Å². The average Bonchev–Trinajstić information content (AvgIpc) is 2.74. The number of hydrogen-bond acceptors (Lipinski definition) is 6. The SMILES string of the molecule is O=C(C[C@@H]1CC[C@@H](NC(=O)c2ccccc2)[C@@H](CO)O1)NCc1ccncn1. The van der Waals surface area contributed by atoms with Gasteiger partial charge < -0.3 is 20.5 Å². The van der Waals surface area contributed by atoms with Crippen molar-refractivity contribution in [3.63, 3.8) is 0 Å². The maximum atomic E-state index is 12.3. The van der Waals surface area contributed by atoms with Gasteiger partial charge in [0.2, 0.25) is 5.91 Å². The molecule has 0 saturated carbocycles. The number of amides is 2. The van der Waals surface area contributed by atoms with Gasteiger partial charge in [0.15, 0.2) is 0 Å². The first kappa shape index (κ1) is 19.9. The van der Waals surface area contributed by atoms with Gasteiger partial charge in [0, 0.05) is 11.8 Å². The summed E-state index contributed by atoms with van der Waals surface area (Å²) in [6, 6.07) is 10.3. The van der Waals surface area contributed by atoms with Crippen molar-refractivity contribution in [2.45, 2.75) is 44.1 Å². The van der Waals surface area contributed by atoms with E-state index in [-0.39, 0.29) is 37.0 Å². The predicted molar refractivity (Wildman–Crippen MR) is 101 cm³/mol. The number of nitrogens with one attached hydrogen (secondary N) is 2. The number of ether oxygens (including phenoxy) is 1. The van der Waals surface area contributed by atoms with Crippen LogP contribution >= 0.6 is 0 Å². The Hall–Kier alpha value is -2.84. The van der Waals surface area contributed by atoms with Crippen molar-refractivity contribution < 1.29 is 19.4 Å². The topological polar surface area (TPSA) is 113 Å². The number of aliphatic hydroxyl groups excluding tert-OH is 1. The van der Waals surface area contributed by atoms with E-state index in [1.165, 1.54) is 6.33 Å². The van der Waals surface area contributed by atoms with Crippen LogP contribution in [0.5, 0.6) is 0 Å². The first-order valence-electron chi connectivity index (χ1n) is 9.29.